The van der Waals surface area contributed by atoms with Gasteiger partial charge in [-0.05, 0) is 17.7 Å². The Hall–Kier alpha value is -2.92. The fraction of sp³-hybridized carbons (Fsp3) is 0.421. The summed E-state index contributed by atoms with van der Waals surface area (Å²) in [6.07, 6.45) is 3.50. The van der Waals surface area contributed by atoms with Crippen molar-refractivity contribution in [3.05, 3.63) is 42.2 Å². The van der Waals surface area contributed by atoms with Gasteiger partial charge in [0.15, 0.2) is 5.96 Å². The number of anilines is 1. The van der Waals surface area contributed by atoms with Gasteiger partial charge in [-0.1, -0.05) is 12.1 Å². The van der Waals surface area contributed by atoms with E-state index in [9.17, 15) is 13.2 Å². The SMILES string of the molecule is CN=C(NCc1ccc(S(=O)(=O)N(C)C)cc1)N1CCN(c2cnn(C)c2)C(=O)C1. The highest BCUT2D eigenvalue weighted by molar-refractivity contribution is 7.89. The number of aliphatic imine (C=N–C) groups is 1. The summed E-state index contributed by atoms with van der Waals surface area (Å²) in [5.74, 6) is 0.606. The van der Waals surface area contributed by atoms with Gasteiger partial charge >= 0.3 is 0 Å². The Morgan fingerprint density at radius 2 is 1.93 bits per heavy atom. The minimum atomic E-state index is -3.45. The smallest absolute Gasteiger partial charge is 0.246 e. The van der Waals surface area contributed by atoms with Crippen LogP contribution in [0.15, 0.2) is 46.5 Å². The van der Waals surface area contributed by atoms with Gasteiger partial charge in [0.25, 0.3) is 0 Å². The first-order valence-corrected chi connectivity index (χ1v) is 10.9. The van der Waals surface area contributed by atoms with Crippen LogP contribution in [-0.4, -0.2) is 80.0 Å². The maximum Gasteiger partial charge on any atom is 0.246 e. The second kappa shape index (κ2) is 8.84. The topological polar surface area (TPSA) is 103 Å². The summed E-state index contributed by atoms with van der Waals surface area (Å²) >= 11 is 0. The number of guanidine groups is 1. The average molecular weight is 434 g/mol. The zero-order valence-corrected chi connectivity index (χ0v) is 18.4. The molecule has 1 aliphatic rings. The predicted octanol–water partition coefficient (Wildman–Crippen LogP) is 0.0946. The number of aromatic nitrogens is 2. The summed E-state index contributed by atoms with van der Waals surface area (Å²) < 4.78 is 27.2. The zero-order valence-electron chi connectivity index (χ0n) is 17.6. The van der Waals surface area contributed by atoms with Crippen LogP contribution >= 0.6 is 0 Å². The molecular weight excluding hydrogens is 406 g/mol. The molecule has 1 aromatic heterocycles. The molecule has 1 N–H and O–H groups in total. The van der Waals surface area contributed by atoms with Gasteiger partial charge in [-0.25, -0.2) is 12.7 Å². The van der Waals surface area contributed by atoms with Crippen LogP contribution in [0, 0.1) is 0 Å². The Kier molecular flexibility index (Phi) is 6.42. The van der Waals surface area contributed by atoms with E-state index in [0.29, 0.717) is 25.6 Å². The molecule has 0 spiro atoms. The fourth-order valence-corrected chi connectivity index (χ4v) is 4.08. The molecule has 2 heterocycles. The molecule has 0 atom stereocenters. The number of aryl methyl sites for hydroxylation is 1. The largest absolute Gasteiger partial charge is 0.352 e. The lowest BCUT2D eigenvalue weighted by Gasteiger charge is -2.35. The Morgan fingerprint density at radius 3 is 2.47 bits per heavy atom. The second-order valence-corrected chi connectivity index (χ2v) is 9.32. The van der Waals surface area contributed by atoms with Crippen LogP contribution in [0.2, 0.25) is 0 Å². The molecule has 0 radical (unpaired) electrons. The Bertz CT molecular complexity index is 1030. The summed E-state index contributed by atoms with van der Waals surface area (Å²) in [6, 6.07) is 6.71. The van der Waals surface area contributed by atoms with Crippen LogP contribution in [0.4, 0.5) is 5.69 Å². The lowest BCUT2D eigenvalue weighted by Crippen LogP contribution is -2.55. The maximum atomic E-state index is 12.6. The van der Waals surface area contributed by atoms with Gasteiger partial charge in [0, 0.05) is 54.0 Å². The number of nitrogens with one attached hydrogen (secondary N) is 1. The van der Waals surface area contributed by atoms with E-state index >= 15 is 0 Å². The minimum absolute atomic E-state index is 0.0181. The van der Waals surface area contributed by atoms with Gasteiger partial charge in [0.1, 0.15) is 6.54 Å². The molecule has 1 fully saturated rings. The molecule has 1 aromatic carbocycles. The van der Waals surface area contributed by atoms with E-state index < -0.39 is 10.0 Å². The van der Waals surface area contributed by atoms with Crippen LogP contribution in [-0.2, 0) is 28.4 Å². The molecular formula is C19H27N7O3S. The lowest BCUT2D eigenvalue weighted by molar-refractivity contribution is -0.120. The van der Waals surface area contributed by atoms with Crippen molar-refractivity contribution in [1.82, 2.24) is 24.3 Å². The van der Waals surface area contributed by atoms with Gasteiger partial charge in [-0.15, -0.1) is 0 Å². The standard InChI is InChI=1S/C19H27N7O3S/c1-20-19(21-11-15-5-7-17(8-6-15)30(28,29)23(2)3)25-9-10-26(18(27)14-25)16-12-22-24(4)13-16/h5-8,12-13H,9-11,14H2,1-4H3,(H,20,21). The van der Waals surface area contributed by atoms with E-state index in [1.54, 1.807) is 47.1 Å². The van der Waals surface area contributed by atoms with E-state index in [1.165, 1.54) is 18.4 Å². The molecule has 10 nitrogen and oxygen atoms in total. The first kappa shape index (κ1) is 21.8. The van der Waals surface area contributed by atoms with Crippen LogP contribution in [0.3, 0.4) is 0 Å². The number of hydrogen-bond donors (Lipinski definition) is 1. The summed E-state index contributed by atoms with van der Waals surface area (Å²) in [6.45, 7) is 1.86. The first-order chi connectivity index (χ1) is 14.2. The monoisotopic (exact) mass is 433 g/mol. The quantitative estimate of drug-likeness (QED) is 0.530. The molecule has 0 aliphatic carbocycles. The molecule has 0 unspecified atom stereocenters. The van der Waals surface area contributed by atoms with Gasteiger partial charge in [-0.2, -0.15) is 5.10 Å². The van der Waals surface area contributed by atoms with Crippen LogP contribution < -0.4 is 10.2 Å². The molecule has 3 rings (SSSR count). The third-order valence-electron chi connectivity index (χ3n) is 4.89. The van der Waals surface area contributed by atoms with Crippen LogP contribution in [0.5, 0.6) is 0 Å². The normalized spacial score (nSPS) is 15.8. The lowest BCUT2D eigenvalue weighted by atomic mass is 10.2. The van der Waals surface area contributed by atoms with Gasteiger partial charge in [0.2, 0.25) is 15.9 Å². The number of carbonyl (C=O) groups excluding carboxylic acids is 1. The van der Waals surface area contributed by atoms with Crippen molar-refractivity contribution in [3.63, 3.8) is 0 Å². The van der Waals surface area contributed by atoms with Crippen molar-refractivity contribution in [2.45, 2.75) is 11.4 Å². The highest BCUT2D eigenvalue weighted by Gasteiger charge is 2.27. The molecule has 2 aromatic rings. The molecule has 0 bridgehead atoms. The molecule has 11 heteroatoms. The van der Waals surface area contributed by atoms with Crippen molar-refractivity contribution < 1.29 is 13.2 Å². The number of carbonyl (C=O) groups is 1. The Balaban J connectivity index is 1.60. The number of piperazine rings is 1. The number of amides is 1. The Morgan fingerprint density at radius 1 is 1.23 bits per heavy atom. The number of sulfonamides is 1. The van der Waals surface area contributed by atoms with Crippen molar-refractivity contribution in [2.75, 3.05) is 45.7 Å². The summed E-state index contributed by atoms with van der Waals surface area (Å²) in [5, 5.41) is 7.37. The number of benzene rings is 1. The first-order valence-electron chi connectivity index (χ1n) is 9.48. The van der Waals surface area contributed by atoms with Gasteiger partial charge in [-0.3, -0.25) is 14.5 Å². The Labute approximate surface area is 176 Å². The minimum Gasteiger partial charge on any atom is -0.352 e. The maximum absolute atomic E-state index is 12.6. The molecule has 162 valence electrons. The molecule has 0 saturated carbocycles. The summed E-state index contributed by atoms with van der Waals surface area (Å²) in [5.41, 5.74) is 1.70. The molecule has 1 saturated heterocycles. The van der Waals surface area contributed by atoms with E-state index in [0.717, 1.165) is 11.3 Å². The van der Waals surface area contributed by atoms with Crippen molar-refractivity contribution >= 4 is 27.6 Å². The summed E-state index contributed by atoms with van der Waals surface area (Å²) in [4.78, 5) is 20.8. The van der Waals surface area contributed by atoms with Crippen molar-refractivity contribution in [3.8, 4) is 0 Å². The number of nitrogens with zero attached hydrogens (tertiary/aromatic N) is 6. The fourth-order valence-electron chi connectivity index (χ4n) is 3.18. The van der Waals surface area contributed by atoms with Crippen LogP contribution in [0.25, 0.3) is 0 Å². The highest BCUT2D eigenvalue weighted by Crippen LogP contribution is 2.17. The van der Waals surface area contributed by atoms with Crippen molar-refractivity contribution in [1.29, 1.82) is 0 Å². The molecule has 1 aliphatic heterocycles. The third-order valence-corrected chi connectivity index (χ3v) is 6.72. The zero-order chi connectivity index (χ0) is 21.9. The predicted molar refractivity (Wildman–Crippen MR) is 115 cm³/mol. The average Bonchev–Trinajstić information content (AvgIpc) is 3.14. The van der Waals surface area contributed by atoms with Gasteiger partial charge in [0.05, 0.1) is 16.8 Å². The van der Waals surface area contributed by atoms with Crippen LogP contribution in [0.1, 0.15) is 5.56 Å². The van der Waals surface area contributed by atoms with Crippen molar-refractivity contribution in [2.24, 2.45) is 12.0 Å². The van der Waals surface area contributed by atoms with E-state index in [1.807, 2.05) is 18.1 Å². The van der Waals surface area contributed by atoms with Gasteiger partial charge < -0.3 is 15.1 Å². The summed E-state index contributed by atoms with van der Waals surface area (Å²) in [7, 11) is 3.05. The highest BCUT2D eigenvalue weighted by atomic mass is 32.2. The number of hydrogen-bond acceptors (Lipinski definition) is 5. The van der Waals surface area contributed by atoms with E-state index in [4.69, 9.17) is 0 Å². The third kappa shape index (κ3) is 4.62. The second-order valence-electron chi connectivity index (χ2n) is 7.17. The molecule has 30 heavy (non-hydrogen) atoms. The molecule has 1 amide bonds. The number of rotatable bonds is 5. The van der Waals surface area contributed by atoms with E-state index in [2.05, 4.69) is 15.4 Å². The van der Waals surface area contributed by atoms with E-state index in [-0.39, 0.29) is 17.3 Å².